The van der Waals surface area contributed by atoms with Crippen molar-refractivity contribution in [2.45, 2.75) is 25.3 Å². The number of nitrogens with one attached hydrogen (secondary N) is 3. The van der Waals surface area contributed by atoms with Gasteiger partial charge in [-0.05, 0) is 54.6 Å². The van der Waals surface area contributed by atoms with Crippen LogP contribution < -0.4 is 16.2 Å². The highest BCUT2D eigenvalue weighted by molar-refractivity contribution is 5.96. The van der Waals surface area contributed by atoms with Gasteiger partial charge in [-0.1, -0.05) is 18.2 Å². The maximum Gasteiger partial charge on any atom is 0.252 e. The Morgan fingerprint density at radius 2 is 1.77 bits per heavy atom. The van der Waals surface area contributed by atoms with E-state index in [0.29, 0.717) is 30.0 Å². The lowest BCUT2D eigenvalue weighted by molar-refractivity contribution is -0.115. The van der Waals surface area contributed by atoms with Crippen molar-refractivity contribution in [3.63, 3.8) is 0 Å². The number of pyridine rings is 1. The van der Waals surface area contributed by atoms with Crippen LogP contribution in [0, 0.1) is 0 Å². The van der Waals surface area contributed by atoms with Gasteiger partial charge < -0.3 is 20.4 Å². The molecule has 0 saturated carbocycles. The van der Waals surface area contributed by atoms with Gasteiger partial charge in [0.15, 0.2) is 0 Å². The molecule has 3 N–H and O–H groups in total. The van der Waals surface area contributed by atoms with Crippen molar-refractivity contribution in [2.75, 3.05) is 18.5 Å². The number of ether oxygens (including phenoxy) is 1. The van der Waals surface area contributed by atoms with Gasteiger partial charge in [-0.2, -0.15) is 0 Å². The van der Waals surface area contributed by atoms with Gasteiger partial charge in [0, 0.05) is 41.6 Å². The number of benzene rings is 2. The zero-order valence-electron chi connectivity index (χ0n) is 16.4. The molecule has 7 nitrogen and oxygen atoms in total. The van der Waals surface area contributed by atoms with Gasteiger partial charge >= 0.3 is 0 Å². The lowest BCUT2D eigenvalue weighted by Crippen LogP contribution is -2.38. The third-order valence-electron chi connectivity index (χ3n) is 5.17. The van der Waals surface area contributed by atoms with E-state index in [1.165, 1.54) is 0 Å². The molecule has 1 fully saturated rings. The fourth-order valence-corrected chi connectivity index (χ4v) is 3.52. The molecule has 1 saturated heterocycles. The van der Waals surface area contributed by atoms with E-state index in [-0.39, 0.29) is 29.8 Å². The smallest absolute Gasteiger partial charge is 0.252 e. The summed E-state index contributed by atoms with van der Waals surface area (Å²) >= 11 is 0. The highest BCUT2D eigenvalue weighted by Crippen LogP contribution is 2.14. The number of carbonyl (C=O) groups is 2. The van der Waals surface area contributed by atoms with E-state index in [4.69, 9.17) is 4.74 Å². The highest BCUT2D eigenvalue weighted by Gasteiger charge is 2.17. The first kappa shape index (κ1) is 19.8. The Morgan fingerprint density at radius 3 is 2.53 bits per heavy atom. The van der Waals surface area contributed by atoms with Gasteiger partial charge in [0.25, 0.3) is 11.5 Å². The molecule has 2 aromatic carbocycles. The molecule has 2 amide bonds. The monoisotopic (exact) mass is 405 g/mol. The Balaban J connectivity index is 1.37. The number of hydrogen-bond donors (Lipinski definition) is 3. The van der Waals surface area contributed by atoms with Crippen LogP contribution in [0.25, 0.3) is 10.9 Å². The Hall–Kier alpha value is -3.45. The van der Waals surface area contributed by atoms with Crippen LogP contribution in [-0.2, 0) is 16.0 Å². The van der Waals surface area contributed by atoms with Crippen molar-refractivity contribution in [2.24, 2.45) is 0 Å². The van der Waals surface area contributed by atoms with Crippen LogP contribution in [0.4, 0.5) is 5.69 Å². The number of hydrogen-bond acceptors (Lipinski definition) is 4. The Bertz CT molecular complexity index is 1120. The average molecular weight is 405 g/mol. The minimum atomic E-state index is -0.296. The molecule has 0 unspecified atom stereocenters. The molecule has 1 aliphatic rings. The molecule has 3 aromatic rings. The van der Waals surface area contributed by atoms with E-state index in [2.05, 4.69) is 15.6 Å². The molecule has 0 radical (unpaired) electrons. The first-order valence-electron chi connectivity index (χ1n) is 9.98. The van der Waals surface area contributed by atoms with Gasteiger partial charge in [-0.15, -0.1) is 0 Å². The molecule has 1 aliphatic heterocycles. The van der Waals surface area contributed by atoms with Gasteiger partial charge in [0.2, 0.25) is 5.91 Å². The zero-order valence-corrected chi connectivity index (χ0v) is 16.4. The van der Waals surface area contributed by atoms with Crippen LogP contribution in [0.2, 0.25) is 0 Å². The van der Waals surface area contributed by atoms with Gasteiger partial charge in [0.05, 0.1) is 6.42 Å². The topological polar surface area (TPSA) is 100 Å². The van der Waals surface area contributed by atoms with E-state index < -0.39 is 0 Å². The van der Waals surface area contributed by atoms with E-state index in [0.717, 1.165) is 23.7 Å². The second-order valence-corrected chi connectivity index (χ2v) is 7.37. The number of carbonyl (C=O) groups excluding carboxylic acids is 2. The van der Waals surface area contributed by atoms with Crippen LogP contribution in [-0.4, -0.2) is 36.1 Å². The SMILES string of the molecule is O=C(Cc1cc2ccccc2[nH]c1=O)Nc1ccc(C(=O)NC2CCOCC2)cc1. The van der Waals surface area contributed by atoms with E-state index in [1.807, 2.05) is 24.3 Å². The second-order valence-electron chi connectivity index (χ2n) is 7.37. The van der Waals surface area contributed by atoms with Crippen LogP contribution in [0.15, 0.2) is 59.4 Å². The van der Waals surface area contributed by atoms with Crippen molar-refractivity contribution in [1.82, 2.24) is 10.3 Å². The number of aromatic nitrogens is 1. The number of H-pyrrole nitrogens is 1. The van der Waals surface area contributed by atoms with Crippen molar-refractivity contribution in [1.29, 1.82) is 0 Å². The standard InChI is InChI=1S/C23H23N3O4/c27-21(14-17-13-16-3-1-2-4-20(16)26-23(17)29)24-18-7-5-15(6-8-18)22(28)25-19-9-11-30-12-10-19/h1-8,13,19H,9-12,14H2,(H,24,27)(H,25,28)(H,26,29). The molecule has 7 heteroatoms. The zero-order chi connectivity index (χ0) is 20.9. The van der Waals surface area contributed by atoms with Gasteiger partial charge in [-0.25, -0.2) is 0 Å². The summed E-state index contributed by atoms with van der Waals surface area (Å²) in [5.41, 5.74) is 1.97. The largest absolute Gasteiger partial charge is 0.381 e. The average Bonchev–Trinajstić information content (AvgIpc) is 2.75. The summed E-state index contributed by atoms with van der Waals surface area (Å²) < 4.78 is 5.30. The highest BCUT2D eigenvalue weighted by atomic mass is 16.5. The second kappa shape index (κ2) is 8.92. The van der Waals surface area contributed by atoms with E-state index >= 15 is 0 Å². The molecule has 0 atom stereocenters. The predicted molar refractivity (Wildman–Crippen MR) is 115 cm³/mol. The van der Waals surface area contributed by atoms with Crippen LogP contribution in [0.3, 0.4) is 0 Å². The minimum absolute atomic E-state index is 0.0356. The summed E-state index contributed by atoms with van der Waals surface area (Å²) in [7, 11) is 0. The van der Waals surface area contributed by atoms with Crippen molar-refractivity contribution >= 4 is 28.4 Å². The van der Waals surface area contributed by atoms with E-state index in [9.17, 15) is 14.4 Å². The van der Waals surface area contributed by atoms with Gasteiger partial charge in [-0.3, -0.25) is 14.4 Å². The van der Waals surface area contributed by atoms with Gasteiger partial charge in [0.1, 0.15) is 0 Å². The van der Waals surface area contributed by atoms with Crippen molar-refractivity contribution < 1.29 is 14.3 Å². The number of fused-ring (bicyclic) bond motifs is 1. The number of anilines is 1. The Kier molecular flexibility index (Phi) is 5.90. The summed E-state index contributed by atoms with van der Waals surface area (Å²) in [6.07, 6.45) is 1.59. The van der Waals surface area contributed by atoms with Crippen LogP contribution >= 0.6 is 0 Å². The lowest BCUT2D eigenvalue weighted by Gasteiger charge is -2.23. The summed E-state index contributed by atoms with van der Waals surface area (Å²) in [5, 5.41) is 6.65. The maximum absolute atomic E-state index is 12.4. The van der Waals surface area contributed by atoms with Crippen LogP contribution in [0.5, 0.6) is 0 Å². The van der Waals surface area contributed by atoms with Crippen molar-refractivity contribution in [3.8, 4) is 0 Å². The molecule has 0 spiro atoms. The summed E-state index contributed by atoms with van der Waals surface area (Å²) in [6, 6.07) is 16.0. The molecule has 4 rings (SSSR count). The maximum atomic E-state index is 12.4. The number of amides is 2. The number of para-hydroxylation sites is 1. The predicted octanol–water partition coefficient (Wildman–Crippen LogP) is 2.62. The quantitative estimate of drug-likeness (QED) is 0.607. The first-order chi connectivity index (χ1) is 14.6. The molecule has 2 heterocycles. The Morgan fingerprint density at radius 1 is 1.03 bits per heavy atom. The van der Waals surface area contributed by atoms with E-state index in [1.54, 1.807) is 30.3 Å². The first-order valence-corrected chi connectivity index (χ1v) is 9.98. The fraction of sp³-hybridized carbons (Fsp3) is 0.261. The molecule has 0 bridgehead atoms. The molecular weight excluding hydrogens is 382 g/mol. The lowest BCUT2D eigenvalue weighted by atomic mass is 10.1. The summed E-state index contributed by atoms with van der Waals surface area (Å²) in [6.45, 7) is 1.33. The molecular formula is C23H23N3O4. The van der Waals surface area contributed by atoms with Crippen molar-refractivity contribution in [3.05, 3.63) is 76.1 Å². The Labute approximate surface area is 173 Å². The summed E-state index contributed by atoms with van der Waals surface area (Å²) in [4.78, 5) is 39.8. The fourth-order valence-electron chi connectivity index (χ4n) is 3.52. The molecule has 1 aromatic heterocycles. The minimum Gasteiger partial charge on any atom is -0.381 e. The van der Waals surface area contributed by atoms with Crippen LogP contribution in [0.1, 0.15) is 28.8 Å². The molecule has 0 aliphatic carbocycles. The third kappa shape index (κ3) is 4.75. The molecule has 30 heavy (non-hydrogen) atoms. The summed E-state index contributed by atoms with van der Waals surface area (Å²) in [5.74, 6) is -0.433. The normalized spacial score (nSPS) is 14.4. The number of aromatic amines is 1. The third-order valence-corrected chi connectivity index (χ3v) is 5.17. The molecule has 154 valence electrons. The number of rotatable bonds is 5.